The van der Waals surface area contributed by atoms with Crippen molar-refractivity contribution in [2.24, 2.45) is 0 Å². The number of morpholine rings is 1. The van der Waals surface area contributed by atoms with Crippen LogP contribution in [0.4, 0.5) is 5.82 Å². The van der Waals surface area contributed by atoms with E-state index in [2.05, 4.69) is 21.2 Å². The molecule has 4 aromatic rings. The molecule has 0 radical (unpaired) electrons. The first-order valence-electron chi connectivity index (χ1n) is 12.2. The van der Waals surface area contributed by atoms with E-state index in [0.717, 1.165) is 50.5 Å². The Kier molecular flexibility index (Phi) is 6.86. The molecule has 2 aliphatic heterocycles. The van der Waals surface area contributed by atoms with Gasteiger partial charge in [-0.1, -0.05) is 12.1 Å². The van der Waals surface area contributed by atoms with E-state index in [1.165, 1.54) is 4.31 Å². The number of carbonyl (C=O) groups is 1. The van der Waals surface area contributed by atoms with Gasteiger partial charge in [-0.15, -0.1) is 11.3 Å². The molecule has 2 aliphatic rings. The number of benzene rings is 1. The molecule has 2 fully saturated rings. The minimum atomic E-state index is -2.23. The third-order valence-electron chi connectivity index (χ3n) is 6.83. The van der Waals surface area contributed by atoms with E-state index in [4.69, 9.17) is 14.7 Å². The lowest BCUT2D eigenvalue weighted by Crippen LogP contribution is -2.49. The molecule has 0 spiro atoms. The molecule has 1 atom stereocenters. The average Bonchev–Trinajstić information content (AvgIpc) is 3.58. The SMILES string of the molecule is O=C(CCc1cc2nc(-c3cccc4[nH]ncc34)nc(N3CCOCC3)c2s1)N1CCN(S(=O)[O-])CC1. The second-order valence-electron chi connectivity index (χ2n) is 9.06. The standard InChI is InChI=1S/C24H27N7O4S2/c32-21(29-6-8-31(9-7-29)37(33)34)5-4-16-14-20-22(36-16)24(30-10-12-35-13-11-30)27-23(26-20)17-2-1-3-19-18(17)15-25-28-19/h1-3,14-15H,4-13H2,(H,25,28)(H,33,34)/p-1. The first-order valence-corrected chi connectivity index (χ1v) is 14.1. The Balaban J connectivity index is 1.27. The highest BCUT2D eigenvalue weighted by Gasteiger charge is 2.23. The summed E-state index contributed by atoms with van der Waals surface area (Å²) in [5.74, 6) is 1.59. The van der Waals surface area contributed by atoms with Crippen LogP contribution < -0.4 is 4.90 Å². The van der Waals surface area contributed by atoms with Crippen LogP contribution in [0.5, 0.6) is 0 Å². The molecular formula is C24H26N7O4S2-. The molecule has 2 saturated heterocycles. The van der Waals surface area contributed by atoms with E-state index in [1.807, 2.05) is 18.2 Å². The van der Waals surface area contributed by atoms with Gasteiger partial charge >= 0.3 is 0 Å². The molecule has 1 aromatic carbocycles. The van der Waals surface area contributed by atoms with E-state index in [1.54, 1.807) is 22.4 Å². The summed E-state index contributed by atoms with van der Waals surface area (Å²) in [5, 5.41) is 8.16. The highest BCUT2D eigenvalue weighted by atomic mass is 32.2. The van der Waals surface area contributed by atoms with Gasteiger partial charge in [-0.2, -0.15) is 5.10 Å². The lowest BCUT2D eigenvalue weighted by atomic mass is 10.1. The van der Waals surface area contributed by atoms with Crippen LogP contribution in [0.25, 0.3) is 32.5 Å². The zero-order valence-electron chi connectivity index (χ0n) is 20.1. The van der Waals surface area contributed by atoms with Gasteiger partial charge in [0.2, 0.25) is 5.91 Å². The van der Waals surface area contributed by atoms with Crippen molar-refractivity contribution in [3.8, 4) is 11.4 Å². The zero-order chi connectivity index (χ0) is 25.4. The molecule has 3 aromatic heterocycles. The van der Waals surface area contributed by atoms with Crippen molar-refractivity contribution in [3.05, 3.63) is 35.3 Å². The number of hydrogen-bond donors (Lipinski definition) is 1. The summed E-state index contributed by atoms with van der Waals surface area (Å²) < 4.78 is 30.2. The molecule has 0 saturated carbocycles. The maximum Gasteiger partial charge on any atom is 0.223 e. The van der Waals surface area contributed by atoms with Gasteiger partial charge in [-0.25, -0.2) is 14.3 Å². The number of aromatic nitrogens is 4. The van der Waals surface area contributed by atoms with E-state index in [0.29, 0.717) is 58.1 Å². The third-order valence-corrected chi connectivity index (χ3v) is 8.80. The van der Waals surface area contributed by atoms with Crippen molar-refractivity contribution in [1.82, 2.24) is 29.4 Å². The number of nitrogens with one attached hydrogen (secondary N) is 1. The number of H-pyrrole nitrogens is 1. The summed E-state index contributed by atoms with van der Waals surface area (Å²) in [7, 11) is 0. The molecule has 1 amide bonds. The Morgan fingerprint density at radius 3 is 2.73 bits per heavy atom. The summed E-state index contributed by atoms with van der Waals surface area (Å²) in [5.41, 5.74) is 2.72. The number of carbonyl (C=O) groups excluding carboxylic acids is 1. The molecule has 5 heterocycles. The predicted octanol–water partition coefficient (Wildman–Crippen LogP) is 1.94. The molecule has 1 N–H and O–H groups in total. The number of aromatic amines is 1. The van der Waals surface area contributed by atoms with Crippen LogP contribution in [-0.2, 0) is 27.2 Å². The smallest absolute Gasteiger partial charge is 0.223 e. The van der Waals surface area contributed by atoms with Crippen molar-refractivity contribution in [3.63, 3.8) is 0 Å². The Hall–Kier alpha value is -2.97. The fourth-order valence-electron chi connectivity index (χ4n) is 4.84. The van der Waals surface area contributed by atoms with Gasteiger partial charge in [0.15, 0.2) is 11.6 Å². The van der Waals surface area contributed by atoms with E-state index < -0.39 is 11.3 Å². The third kappa shape index (κ3) is 4.97. The maximum atomic E-state index is 12.8. The fourth-order valence-corrected chi connectivity index (χ4v) is 6.41. The highest BCUT2D eigenvalue weighted by Crippen LogP contribution is 2.36. The number of nitrogens with zero attached hydrogens (tertiary/aromatic N) is 6. The quantitative estimate of drug-likeness (QED) is 0.367. The number of piperazine rings is 1. The van der Waals surface area contributed by atoms with Crippen molar-refractivity contribution in [2.75, 3.05) is 57.4 Å². The Labute approximate surface area is 219 Å². The average molecular weight is 541 g/mol. The van der Waals surface area contributed by atoms with Gasteiger partial charge in [-0.3, -0.25) is 14.1 Å². The monoisotopic (exact) mass is 540 g/mol. The Bertz CT molecular complexity index is 1460. The lowest BCUT2D eigenvalue weighted by molar-refractivity contribution is -0.132. The van der Waals surface area contributed by atoms with E-state index in [9.17, 15) is 13.6 Å². The number of thiophene rings is 1. The first kappa shape index (κ1) is 24.4. The molecule has 37 heavy (non-hydrogen) atoms. The largest absolute Gasteiger partial charge is 0.760 e. The Morgan fingerprint density at radius 2 is 1.95 bits per heavy atom. The fraction of sp³-hybridized carbons (Fsp3) is 0.417. The van der Waals surface area contributed by atoms with Gasteiger partial charge < -0.3 is 19.1 Å². The molecule has 1 unspecified atom stereocenters. The van der Waals surface area contributed by atoms with Gasteiger partial charge in [0.05, 0.1) is 35.1 Å². The molecule has 6 rings (SSSR count). The molecule has 11 nitrogen and oxygen atoms in total. The van der Waals surface area contributed by atoms with Crippen molar-refractivity contribution in [1.29, 1.82) is 0 Å². The van der Waals surface area contributed by atoms with Crippen LogP contribution in [0.15, 0.2) is 30.5 Å². The Morgan fingerprint density at radius 1 is 1.14 bits per heavy atom. The van der Waals surface area contributed by atoms with Crippen LogP contribution >= 0.6 is 11.3 Å². The second-order valence-corrected chi connectivity index (χ2v) is 11.1. The predicted molar refractivity (Wildman–Crippen MR) is 141 cm³/mol. The number of amides is 1. The molecule has 194 valence electrons. The minimum Gasteiger partial charge on any atom is -0.760 e. The lowest BCUT2D eigenvalue weighted by Gasteiger charge is -2.35. The maximum absolute atomic E-state index is 12.8. The molecule has 0 bridgehead atoms. The highest BCUT2D eigenvalue weighted by molar-refractivity contribution is 7.76. The summed E-state index contributed by atoms with van der Waals surface area (Å²) >= 11 is -0.599. The number of rotatable bonds is 6. The van der Waals surface area contributed by atoms with Crippen LogP contribution in [0.1, 0.15) is 11.3 Å². The number of ether oxygens (including phenoxy) is 1. The number of anilines is 1. The van der Waals surface area contributed by atoms with Crippen LogP contribution in [-0.4, -0.2) is 96.5 Å². The van der Waals surface area contributed by atoms with E-state index >= 15 is 0 Å². The number of aryl methyl sites for hydroxylation is 1. The van der Waals surface area contributed by atoms with E-state index in [-0.39, 0.29) is 5.91 Å². The number of fused-ring (bicyclic) bond motifs is 2. The van der Waals surface area contributed by atoms with Crippen LogP contribution in [0.3, 0.4) is 0 Å². The van der Waals surface area contributed by atoms with Crippen LogP contribution in [0.2, 0.25) is 0 Å². The zero-order valence-corrected chi connectivity index (χ0v) is 21.7. The molecular weight excluding hydrogens is 514 g/mol. The second kappa shape index (κ2) is 10.4. The molecule has 13 heteroatoms. The summed E-state index contributed by atoms with van der Waals surface area (Å²) in [6, 6.07) is 8.02. The van der Waals surface area contributed by atoms with Gasteiger partial charge in [-0.05, 0) is 18.6 Å². The normalized spacial score (nSPS) is 18.1. The summed E-state index contributed by atoms with van der Waals surface area (Å²) in [6.45, 7) is 4.35. The number of hydrogen-bond acceptors (Lipinski definition) is 9. The van der Waals surface area contributed by atoms with Gasteiger partial charge in [0, 0.05) is 72.8 Å². The minimum absolute atomic E-state index is 0.0422. The van der Waals surface area contributed by atoms with Crippen LogP contribution in [0, 0.1) is 0 Å². The molecule has 0 aliphatic carbocycles. The summed E-state index contributed by atoms with van der Waals surface area (Å²) in [4.78, 5) is 27.8. The van der Waals surface area contributed by atoms with Crippen molar-refractivity contribution < 1.29 is 18.3 Å². The van der Waals surface area contributed by atoms with Gasteiger partial charge in [0.1, 0.15) is 0 Å². The van der Waals surface area contributed by atoms with Crippen molar-refractivity contribution in [2.45, 2.75) is 12.8 Å². The van der Waals surface area contributed by atoms with Crippen molar-refractivity contribution >= 4 is 55.4 Å². The topological polar surface area (TPSA) is 131 Å². The van der Waals surface area contributed by atoms with Gasteiger partial charge in [0.25, 0.3) is 0 Å². The summed E-state index contributed by atoms with van der Waals surface area (Å²) in [6.07, 6.45) is 2.77. The first-order chi connectivity index (χ1) is 18.1.